The molecule has 1 amide bonds. The topological polar surface area (TPSA) is 110 Å². The molecule has 11 heteroatoms. The van der Waals surface area contributed by atoms with Crippen molar-refractivity contribution in [2.45, 2.75) is 26.4 Å². The van der Waals surface area contributed by atoms with Crippen LogP contribution in [-0.4, -0.2) is 16.0 Å². The van der Waals surface area contributed by atoms with Gasteiger partial charge in [-0.15, -0.1) is 0 Å². The molecule has 2 rings (SSSR count). The first-order chi connectivity index (χ1) is 11.6. The Hall–Kier alpha value is -3.11. The molecule has 0 aliphatic carbocycles. The summed E-state index contributed by atoms with van der Waals surface area (Å²) in [6.07, 6.45) is -4.82. The fourth-order valence-electron chi connectivity index (χ4n) is 2.06. The van der Waals surface area contributed by atoms with E-state index in [0.29, 0.717) is 29.2 Å². The van der Waals surface area contributed by atoms with Gasteiger partial charge in [-0.25, -0.2) is 0 Å². The number of nitro groups is 1. The standard InChI is InChI=1S/C14H13F3N4O4/c1-7-10(8(2)25-20-7)6-13(22)19-18-11-4-3-9(14(15,16)17)5-12(11)21(23)24/h3-5,18H,6H2,1-2H3,(H,19,22). The molecule has 1 aromatic heterocycles. The van der Waals surface area contributed by atoms with Gasteiger partial charge in [0.05, 0.1) is 22.6 Å². The van der Waals surface area contributed by atoms with Crippen LogP contribution in [0, 0.1) is 24.0 Å². The molecule has 2 aromatic rings. The summed E-state index contributed by atoms with van der Waals surface area (Å²) < 4.78 is 42.8. The molecule has 0 unspecified atom stereocenters. The van der Waals surface area contributed by atoms with E-state index < -0.39 is 28.3 Å². The van der Waals surface area contributed by atoms with Crippen molar-refractivity contribution in [1.82, 2.24) is 10.6 Å². The predicted molar refractivity (Wildman–Crippen MR) is 79.5 cm³/mol. The molecular formula is C14H13F3N4O4. The highest BCUT2D eigenvalue weighted by Crippen LogP contribution is 2.34. The van der Waals surface area contributed by atoms with Gasteiger partial charge in [0.2, 0.25) is 5.91 Å². The molecule has 0 radical (unpaired) electrons. The van der Waals surface area contributed by atoms with Crippen molar-refractivity contribution in [3.63, 3.8) is 0 Å². The van der Waals surface area contributed by atoms with Crippen molar-refractivity contribution >= 4 is 17.3 Å². The lowest BCUT2D eigenvalue weighted by atomic mass is 10.1. The number of nitrogens with zero attached hydrogens (tertiary/aromatic N) is 2. The normalized spacial score (nSPS) is 11.2. The molecule has 0 aliphatic heterocycles. The number of rotatable bonds is 5. The lowest BCUT2D eigenvalue weighted by Crippen LogP contribution is -2.31. The molecule has 0 saturated heterocycles. The third-order valence-corrected chi connectivity index (χ3v) is 3.38. The van der Waals surface area contributed by atoms with Crippen LogP contribution in [0.15, 0.2) is 22.7 Å². The van der Waals surface area contributed by atoms with Gasteiger partial charge in [0.15, 0.2) is 0 Å². The van der Waals surface area contributed by atoms with Crippen molar-refractivity contribution in [2.24, 2.45) is 0 Å². The molecule has 0 aliphatic rings. The van der Waals surface area contributed by atoms with Gasteiger partial charge < -0.3 is 4.52 Å². The number of halogens is 3. The highest BCUT2D eigenvalue weighted by atomic mass is 19.4. The maximum Gasteiger partial charge on any atom is 0.416 e. The largest absolute Gasteiger partial charge is 0.416 e. The third kappa shape index (κ3) is 4.25. The molecule has 1 aromatic carbocycles. The first-order valence-electron chi connectivity index (χ1n) is 6.92. The van der Waals surface area contributed by atoms with Crippen LogP contribution in [0.3, 0.4) is 0 Å². The monoisotopic (exact) mass is 358 g/mol. The first-order valence-corrected chi connectivity index (χ1v) is 6.92. The molecule has 0 atom stereocenters. The number of hydrogen-bond acceptors (Lipinski definition) is 6. The zero-order valence-corrected chi connectivity index (χ0v) is 13.1. The van der Waals surface area contributed by atoms with Crippen LogP contribution in [0.25, 0.3) is 0 Å². The quantitative estimate of drug-likeness (QED) is 0.628. The Morgan fingerprint density at radius 1 is 1.36 bits per heavy atom. The predicted octanol–water partition coefficient (Wildman–Crippen LogP) is 2.90. The number of hydrazine groups is 1. The van der Waals surface area contributed by atoms with Crippen LogP contribution in [-0.2, 0) is 17.4 Å². The van der Waals surface area contributed by atoms with Crippen LogP contribution in [0.5, 0.6) is 0 Å². The first kappa shape index (κ1) is 18.2. The number of anilines is 1. The molecule has 0 saturated carbocycles. The zero-order chi connectivity index (χ0) is 18.8. The smallest absolute Gasteiger partial charge is 0.361 e. The van der Waals surface area contributed by atoms with E-state index in [1.807, 2.05) is 0 Å². The summed E-state index contributed by atoms with van der Waals surface area (Å²) >= 11 is 0. The summed E-state index contributed by atoms with van der Waals surface area (Å²) in [5.74, 6) is -0.114. The third-order valence-electron chi connectivity index (χ3n) is 3.38. The Morgan fingerprint density at radius 3 is 2.56 bits per heavy atom. The van der Waals surface area contributed by atoms with Gasteiger partial charge in [0, 0.05) is 11.6 Å². The van der Waals surface area contributed by atoms with Gasteiger partial charge in [0.1, 0.15) is 11.4 Å². The van der Waals surface area contributed by atoms with E-state index >= 15 is 0 Å². The Balaban J connectivity index is 2.12. The minimum Gasteiger partial charge on any atom is -0.361 e. The summed E-state index contributed by atoms with van der Waals surface area (Å²) in [6.45, 7) is 3.27. The number of hydrogen-bond donors (Lipinski definition) is 2. The Kier molecular flexibility index (Phi) is 4.95. The van der Waals surface area contributed by atoms with E-state index in [0.717, 1.165) is 6.07 Å². The van der Waals surface area contributed by atoms with Crippen molar-refractivity contribution in [1.29, 1.82) is 0 Å². The molecule has 1 heterocycles. The second-order valence-corrected chi connectivity index (χ2v) is 5.14. The van der Waals surface area contributed by atoms with Gasteiger partial charge in [-0.3, -0.25) is 25.8 Å². The van der Waals surface area contributed by atoms with Crippen LogP contribution in [0.1, 0.15) is 22.6 Å². The van der Waals surface area contributed by atoms with Crippen molar-refractivity contribution in [3.05, 3.63) is 50.9 Å². The van der Waals surface area contributed by atoms with E-state index in [1.165, 1.54) is 0 Å². The average molecular weight is 358 g/mol. The summed E-state index contributed by atoms with van der Waals surface area (Å²) in [4.78, 5) is 21.9. The van der Waals surface area contributed by atoms with Crippen LogP contribution >= 0.6 is 0 Å². The van der Waals surface area contributed by atoms with Crippen LogP contribution < -0.4 is 10.9 Å². The highest BCUT2D eigenvalue weighted by molar-refractivity contribution is 5.81. The summed E-state index contributed by atoms with van der Waals surface area (Å²) in [5, 5.41) is 14.6. The molecule has 2 N–H and O–H groups in total. The summed E-state index contributed by atoms with van der Waals surface area (Å²) in [7, 11) is 0. The Bertz CT molecular complexity index is 797. The second-order valence-electron chi connectivity index (χ2n) is 5.14. The summed E-state index contributed by atoms with van der Waals surface area (Å²) in [6, 6.07) is 1.94. The maximum absolute atomic E-state index is 12.6. The van der Waals surface area contributed by atoms with Crippen molar-refractivity contribution in [3.8, 4) is 0 Å². The maximum atomic E-state index is 12.6. The molecule has 0 bridgehead atoms. The minimum absolute atomic E-state index is 0.109. The Labute approximate surface area is 139 Å². The number of amides is 1. The fourth-order valence-corrected chi connectivity index (χ4v) is 2.06. The van der Waals surface area contributed by atoms with Gasteiger partial charge in [-0.2, -0.15) is 13.2 Å². The SMILES string of the molecule is Cc1noc(C)c1CC(=O)NNc1ccc(C(F)(F)F)cc1[N+](=O)[O-]. The number of nitro benzene ring substituents is 1. The fraction of sp³-hybridized carbons (Fsp3) is 0.286. The summed E-state index contributed by atoms with van der Waals surface area (Å²) in [5.41, 5.74) is 3.30. The molecule has 0 spiro atoms. The lowest BCUT2D eigenvalue weighted by molar-refractivity contribution is -0.384. The van der Waals surface area contributed by atoms with Gasteiger partial charge in [0.25, 0.3) is 5.69 Å². The van der Waals surface area contributed by atoms with Crippen LogP contribution in [0.2, 0.25) is 0 Å². The van der Waals surface area contributed by atoms with Crippen molar-refractivity contribution in [2.75, 3.05) is 5.43 Å². The van der Waals surface area contributed by atoms with E-state index in [9.17, 15) is 28.1 Å². The number of benzene rings is 1. The number of alkyl halides is 3. The molecule has 8 nitrogen and oxygen atoms in total. The van der Waals surface area contributed by atoms with E-state index in [-0.39, 0.29) is 12.1 Å². The minimum atomic E-state index is -4.71. The molecular weight excluding hydrogens is 345 g/mol. The number of nitrogens with one attached hydrogen (secondary N) is 2. The van der Waals surface area contributed by atoms with E-state index in [4.69, 9.17) is 4.52 Å². The average Bonchev–Trinajstić information content (AvgIpc) is 2.83. The van der Waals surface area contributed by atoms with Crippen molar-refractivity contribution < 1.29 is 27.4 Å². The molecule has 134 valence electrons. The second kappa shape index (κ2) is 6.79. The number of aryl methyl sites for hydroxylation is 2. The number of aromatic nitrogens is 1. The lowest BCUT2D eigenvalue weighted by Gasteiger charge is -2.11. The zero-order valence-electron chi connectivity index (χ0n) is 13.1. The Morgan fingerprint density at radius 2 is 2.04 bits per heavy atom. The number of carbonyl (C=O) groups excluding carboxylic acids is 1. The molecule has 0 fully saturated rings. The number of carbonyl (C=O) groups is 1. The highest BCUT2D eigenvalue weighted by Gasteiger charge is 2.33. The van der Waals surface area contributed by atoms with Gasteiger partial charge in [-0.1, -0.05) is 5.16 Å². The van der Waals surface area contributed by atoms with Gasteiger partial charge in [-0.05, 0) is 26.0 Å². The molecule has 25 heavy (non-hydrogen) atoms. The van der Waals surface area contributed by atoms with Gasteiger partial charge >= 0.3 is 6.18 Å². The van der Waals surface area contributed by atoms with E-state index in [2.05, 4.69) is 16.0 Å². The van der Waals surface area contributed by atoms with Crippen LogP contribution in [0.4, 0.5) is 24.5 Å². The van der Waals surface area contributed by atoms with E-state index in [1.54, 1.807) is 13.8 Å².